The van der Waals surface area contributed by atoms with E-state index in [1.165, 1.54) is 0 Å². The molecule has 0 spiro atoms. The number of carboxylic acids is 1. The van der Waals surface area contributed by atoms with Gasteiger partial charge in [0.1, 0.15) is 6.04 Å². The molecule has 0 amide bonds. The van der Waals surface area contributed by atoms with Gasteiger partial charge in [-0.05, 0) is 26.7 Å². The molecule has 20 heavy (non-hydrogen) atoms. The number of nitrogens with one attached hydrogen (secondary N) is 1. The Bertz CT molecular complexity index is 440. The maximum absolute atomic E-state index is 11.2. The largest absolute Gasteiger partial charge is 0.480 e. The summed E-state index contributed by atoms with van der Waals surface area (Å²) in [4.78, 5) is 19.5. The third-order valence-corrected chi connectivity index (χ3v) is 2.57. The number of aliphatic carboxylic acids is 1. The first-order chi connectivity index (χ1) is 9.56. The summed E-state index contributed by atoms with van der Waals surface area (Å²) in [5.41, 5.74) is 0.715. The maximum atomic E-state index is 11.2. The van der Waals surface area contributed by atoms with Crippen molar-refractivity contribution in [3.8, 4) is 5.88 Å². The molecule has 0 radical (unpaired) electrons. The number of aryl methyl sites for hydroxylation is 1. The van der Waals surface area contributed by atoms with Crippen LogP contribution < -0.4 is 10.1 Å². The average Bonchev–Trinajstić information content (AvgIpc) is 2.37. The quantitative estimate of drug-likeness (QED) is 0.663. The lowest BCUT2D eigenvalue weighted by molar-refractivity contribution is -0.138. The van der Waals surface area contributed by atoms with Crippen molar-refractivity contribution in [2.24, 2.45) is 0 Å². The second-order valence-electron chi connectivity index (χ2n) is 4.27. The van der Waals surface area contributed by atoms with Gasteiger partial charge in [0, 0.05) is 25.5 Å². The van der Waals surface area contributed by atoms with E-state index in [2.05, 4.69) is 15.3 Å². The van der Waals surface area contributed by atoms with E-state index < -0.39 is 12.0 Å². The Morgan fingerprint density at radius 1 is 1.50 bits per heavy atom. The van der Waals surface area contributed by atoms with Crippen molar-refractivity contribution in [3.63, 3.8) is 0 Å². The molecule has 0 saturated heterocycles. The first kappa shape index (κ1) is 16.2. The Morgan fingerprint density at radius 3 is 2.85 bits per heavy atom. The SMILES string of the molecule is CCOc1cc(C)nc(NC(CCCOC)C(=O)O)n1. The number of methoxy groups -OCH3 is 1. The topological polar surface area (TPSA) is 93.6 Å². The summed E-state index contributed by atoms with van der Waals surface area (Å²) in [5, 5.41) is 12.0. The van der Waals surface area contributed by atoms with Crippen LogP contribution in [0.3, 0.4) is 0 Å². The number of aromatic nitrogens is 2. The first-order valence-electron chi connectivity index (χ1n) is 6.53. The van der Waals surface area contributed by atoms with Crippen LogP contribution in [-0.2, 0) is 9.53 Å². The van der Waals surface area contributed by atoms with Crippen LogP contribution in [-0.4, -0.2) is 47.4 Å². The summed E-state index contributed by atoms with van der Waals surface area (Å²) < 4.78 is 10.2. The van der Waals surface area contributed by atoms with Crippen molar-refractivity contribution in [1.82, 2.24) is 9.97 Å². The molecule has 0 aliphatic rings. The smallest absolute Gasteiger partial charge is 0.326 e. The van der Waals surface area contributed by atoms with Gasteiger partial charge in [0.15, 0.2) is 0 Å². The highest BCUT2D eigenvalue weighted by Gasteiger charge is 2.18. The van der Waals surface area contributed by atoms with E-state index in [4.69, 9.17) is 9.47 Å². The van der Waals surface area contributed by atoms with Crippen LogP contribution in [0.5, 0.6) is 5.88 Å². The Labute approximate surface area is 118 Å². The molecule has 0 aliphatic carbocycles. The molecular weight excluding hydrogens is 262 g/mol. The van der Waals surface area contributed by atoms with E-state index in [1.807, 2.05) is 6.92 Å². The number of nitrogens with zero attached hydrogens (tertiary/aromatic N) is 2. The second-order valence-corrected chi connectivity index (χ2v) is 4.27. The van der Waals surface area contributed by atoms with Gasteiger partial charge in [-0.1, -0.05) is 0 Å². The summed E-state index contributed by atoms with van der Waals surface area (Å²) in [6.07, 6.45) is 1.08. The van der Waals surface area contributed by atoms with Gasteiger partial charge in [-0.3, -0.25) is 0 Å². The van der Waals surface area contributed by atoms with Crippen molar-refractivity contribution >= 4 is 11.9 Å². The molecule has 0 bridgehead atoms. The Kier molecular flexibility index (Phi) is 6.72. The summed E-state index contributed by atoms with van der Waals surface area (Å²) in [6.45, 7) is 4.67. The Hall–Kier alpha value is -1.89. The number of hydrogen-bond acceptors (Lipinski definition) is 6. The molecule has 1 aromatic heterocycles. The summed E-state index contributed by atoms with van der Waals surface area (Å²) in [6, 6.07) is 0.955. The zero-order valence-electron chi connectivity index (χ0n) is 12.0. The fourth-order valence-corrected chi connectivity index (χ4v) is 1.67. The molecule has 1 rings (SSSR count). The van der Waals surface area contributed by atoms with E-state index in [0.29, 0.717) is 37.6 Å². The van der Waals surface area contributed by atoms with Gasteiger partial charge < -0.3 is 19.9 Å². The highest BCUT2D eigenvalue weighted by Crippen LogP contribution is 2.14. The molecule has 0 aromatic carbocycles. The van der Waals surface area contributed by atoms with E-state index in [-0.39, 0.29) is 5.95 Å². The van der Waals surface area contributed by atoms with Crippen LogP contribution >= 0.6 is 0 Å². The minimum absolute atomic E-state index is 0.262. The molecule has 0 saturated carbocycles. The molecule has 0 fully saturated rings. The van der Waals surface area contributed by atoms with Crippen molar-refractivity contribution in [1.29, 1.82) is 0 Å². The summed E-state index contributed by atoms with van der Waals surface area (Å²) in [7, 11) is 1.58. The number of carbonyl (C=O) groups is 1. The highest BCUT2D eigenvalue weighted by atomic mass is 16.5. The molecule has 0 aliphatic heterocycles. The molecule has 7 heteroatoms. The van der Waals surface area contributed by atoms with E-state index in [1.54, 1.807) is 20.1 Å². The van der Waals surface area contributed by atoms with Crippen LogP contribution in [0.25, 0.3) is 0 Å². The Balaban J connectivity index is 2.74. The molecule has 7 nitrogen and oxygen atoms in total. The van der Waals surface area contributed by atoms with Crippen LogP contribution in [0.2, 0.25) is 0 Å². The van der Waals surface area contributed by atoms with Crippen LogP contribution in [0.15, 0.2) is 6.07 Å². The monoisotopic (exact) mass is 283 g/mol. The fraction of sp³-hybridized carbons (Fsp3) is 0.615. The number of anilines is 1. The number of hydrogen-bond donors (Lipinski definition) is 2. The Morgan fingerprint density at radius 2 is 2.25 bits per heavy atom. The van der Waals surface area contributed by atoms with Crippen molar-refractivity contribution in [2.75, 3.05) is 25.6 Å². The third-order valence-electron chi connectivity index (χ3n) is 2.57. The van der Waals surface area contributed by atoms with Crippen molar-refractivity contribution < 1.29 is 19.4 Å². The zero-order chi connectivity index (χ0) is 15.0. The molecule has 1 aromatic rings. The van der Waals surface area contributed by atoms with Crippen molar-refractivity contribution in [2.45, 2.75) is 32.7 Å². The standard InChI is InChI=1S/C13H21N3O4/c1-4-20-11-8-9(2)14-13(16-11)15-10(12(17)18)6-5-7-19-3/h8,10H,4-7H2,1-3H3,(H,17,18)(H,14,15,16). The van der Waals surface area contributed by atoms with E-state index in [0.717, 1.165) is 0 Å². The predicted molar refractivity (Wildman–Crippen MR) is 74.1 cm³/mol. The molecule has 1 unspecified atom stereocenters. The van der Waals surface area contributed by atoms with Crippen molar-refractivity contribution in [3.05, 3.63) is 11.8 Å². The summed E-state index contributed by atoms with van der Waals surface area (Å²) in [5.74, 6) is -0.244. The molecule has 1 atom stereocenters. The fourth-order valence-electron chi connectivity index (χ4n) is 1.67. The van der Waals surface area contributed by atoms with Gasteiger partial charge in [0.25, 0.3) is 0 Å². The normalized spacial score (nSPS) is 11.9. The van der Waals surface area contributed by atoms with Gasteiger partial charge >= 0.3 is 5.97 Å². The van der Waals surface area contributed by atoms with Crippen LogP contribution in [0, 0.1) is 6.92 Å². The number of rotatable bonds is 9. The van der Waals surface area contributed by atoms with Gasteiger partial charge in [-0.2, -0.15) is 4.98 Å². The number of ether oxygens (including phenoxy) is 2. The van der Waals surface area contributed by atoms with Crippen LogP contribution in [0.4, 0.5) is 5.95 Å². The minimum Gasteiger partial charge on any atom is -0.480 e. The lowest BCUT2D eigenvalue weighted by Gasteiger charge is -2.15. The molecular formula is C13H21N3O4. The molecule has 112 valence electrons. The summed E-state index contributed by atoms with van der Waals surface area (Å²) >= 11 is 0. The highest BCUT2D eigenvalue weighted by molar-refractivity contribution is 5.76. The van der Waals surface area contributed by atoms with Gasteiger partial charge in [-0.15, -0.1) is 0 Å². The second kappa shape index (κ2) is 8.31. The van der Waals surface area contributed by atoms with E-state index in [9.17, 15) is 9.90 Å². The maximum Gasteiger partial charge on any atom is 0.326 e. The van der Waals surface area contributed by atoms with Gasteiger partial charge in [0.05, 0.1) is 6.61 Å². The average molecular weight is 283 g/mol. The van der Waals surface area contributed by atoms with E-state index >= 15 is 0 Å². The first-order valence-corrected chi connectivity index (χ1v) is 6.53. The molecule has 1 heterocycles. The third kappa shape index (κ3) is 5.40. The predicted octanol–water partition coefficient (Wildman–Crippen LogP) is 1.48. The van der Waals surface area contributed by atoms with Gasteiger partial charge in [-0.25, -0.2) is 9.78 Å². The van der Waals surface area contributed by atoms with Gasteiger partial charge in [0.2, 0.25) is 11.8 Å². The van der Waals surface area contributed by atoms with Crippen LogP contribution in [0.1, 0.15) is 25.5 Å². The minimum atomic E-state index is -0.941. The lowest BCUT2D eigenvalue weighted by atomic mass is 10.1. The number of carboxylic acid groups (broad SMARTS) is 1. The lowest BCUT2D eigenvalue weighted by Crippen LogP contribution is -2.30. The molecule has 2 N–H and O–H groups in total. The zero-order valence-corrected chi connectivity index (χ0v) is 12.0.